The molecule has 0 saturated carbocycles. The van der Waals surface area contributed by atoms with E-state index >= 15 is 0 Å². The maximum atomic E-state index is 6.03. The van der Waals surface area contributed by atoms with Crippen molar-refractivity contribution in [2.75, 3.05) is 6.54 Å². The van der Waals surface area contributed by atoms with Crippen molar-refractivity contribution >= 4 is 11.6 Å². The van der Waals surface area contributed by atoms with E-state index in [9.17, 15) is 0 Å². The second-order valence-corrected chi connectivity index (χ2v) is 5.96. The van der Waals surface area contributed by atoms with Crippen molar-refractivity contribution in [1.29, 1.82) is 0 Å². The third-order valence-electron chi connectivity index (χ3n) is 3.48. The Morgan fingerprint density at radius 3 is 2.70 bits per heavy atom. The highest BCUT2D eigenvalue weighted by Crippen LogP contribution is 2.22. The molecule has 1 aromatic heterocycles. The summed E-state index contributed by atoms with van der Waals surface area (Å²) in [6.07, 6.45) is 4.37. The monoisotopic (exact) mass is 290 g/mol. The van der Waals surface area contributed by atoms with Gasteiger partial charge in [-0.3, -0.25) is 0 Å². The van der Waals surface area contributed by atoms with Crippen LogP contribution in [0.15, 0.2) is 42.7 Å². The molecule has 1 aromatic carbocycles. The van der Waals surface area contributed by atoms with Crippen molar-refractivity contribution in [3.05, 3.63) is 58.9 Å². The van der Waals surface area contributed by atoms with Crippen molar-refractivity contribution in [2.24, 2.45) is 5.92 Å². The second-order valence-electron chi connectivity index (χ2n) is 5.53. The molecule has 1 unspecified atom stereocenters. The predicted molar refractivity (Wildman–Crippen MR) is 86.2 cm³/mol. The highest BCUT2D eigenvalue weighted by molar-refractivity contribution is 6.30. The fourth-order valence-electron chi connectivity index (χ4n) is 2.55. The summed E-state index contributed by atoms with van der Waals surface area (Å²) in [7, 11) is 0. The molecule has 0 saturated heterocycles. The Kier molecular flexibility index (Phi) is 5.27. The van der Waals surface area contributed by atoms with Crippen LogP contribution in [-0.2, 0) is 6.54 Å². The zero-order valence-electron chi connectivity index (χ0n) is 12.4. The average molecular weight is 291 g/mol. The van der Waals surface area contributed by atoms with Crippen LogP contribution in [0.4, 0.5) is 0 Å². The average Bonchev–Trinajstić information content (AvgIpc) is 2.83. The molecule has 1 heterocycles. The smallest absolute Gasteiger partial charge is 0.0470 e. The first-order valence-electron chi connectivity index (χ1n) is 7.23. The van der Waals surface area contributed by atoms with Crippen LogP contribution < -0.4 is 5.32 Å². The minimum absolute atomic E-state index is 0.417. The van der Waals surface area contributed by atoms with Crippen molar-refractivity contribution in [3.63, 3.8) is 0 Å². The van der Waals surface area contributed by atoms with Crippen molar-refractivity contribution in [3.8, 4) is 0 Å². The van der Waals surface area contributed by atoms with Gasteiger partial charge in [-0.1, -0.05) is 44.5 Å². The van der Waals surface area contributed by atoms with Gasteiger partial charge in [-0.25, -0.2) is 0 Å². The quantitative estimate of drug-likeness (QED) is 0.829. The lowest BCUT2D eigenvalue weighted by Gasteiger charge is -2.20. The lowest BCUT2D eigenvalue weighted by atomic mass is 9.98. The van der Waals surface area contributed by atoms with E-state index in [4.69, 9.17) is 11.6 Å². The van der Waals surface area contributed by atoms with E-state index in [0.29, 0.717) is 12.0 Å². The zero-order valence-corrected chi connectivity index (χ0v) is 13.2. The highest BCUT2D eigenvalue weighted by atomic mass is 35.5. The van der Waals surface area contributed by atoms with Gasteiger partial charge >= 0.3 is 0 Å². The van der Waals surface area contributed by atoms with Crippen molar-refractivity contribution < 1.29 is 0 Å². The zero-order chi connectivity index (χ0) is 14.5. The van der Waals surface area contributed by atoms with Gasteiger partial charge in [0.2, 0.25) is 0 Å². The lowest BCUT2D eigenvalue weighted by molar-refractivity contribution is 0.421. The molecule has 0 spiro atoms. The Labute approximate surface area is 126 Å². The van der Waals surface area contributed by atoms with Gasteiger partial charge < -0.3 is 9.88 Å². The van der Waals surface area contributed by atoms with Gasteiger partial charge in [-0.05, 0) is 41.8 Å². The van der Waals surface area contributed by atoms with Crippen molar-refractivity contribution in [2.45, 2.75) is 33.4 Å². The van der Waals surface area contributed by atoms with Gasteiger partial charge in [0.15, 0.2) is 0 Å². The van der Waals surface area contributed by atoms with E-state index in [0.717, 1.165) is 18.1 Å². The molecule has 0 aliphatic heterocycles. The molecule has 0 fully saturated rings. The Bertz CT molecular complexity index is 545. The molecule has 3 heteroatoms. The van der Waals surface area contributed by atoms with Crippen LogP contribution in [0.2, 0.25) is 5.02 Å². The number of aromatic nitrogens is 1. The predicted octanol–water partition coefficient (Wildman–Crippen LogP) is 4.50. The standard InChI is InChI=1S/C17H23ClN2/c1-4-19-17(13(2)3)15-8-9-20(12-15)11-14-6-5-7-16(18)10-14/h5-10,12-13,17,19H,4,11H2,1-3H3. The van der Waals surface area contributed by atoms with Gasteiger partial charge in [0, 0.05) is 30.0 Å². The van der Waals surface area contributed by atoms with E-state index in [1.165, 1.54) is 11.1 Å². The maximum absolute atomic E-state index is 6.03. The number of hydrogen-bond acceptors (Lipinski definition) is 1. The molecule has 0 aliphatic rings. The summed E-state index contributed by atoms with van der Waals surface area (Å²) in [5, 5.41) is 4.34. The lowest BCUT2D eigenvalue weighted by Crippen LogP contribution is -2.25. The number of benzene rings is 1. The number of rotatable bonds is 6. The number of halogens is 1. The molecule has 1 N–H and O–H groups in total. The molecule has 20 heavy (non-hydrogen) atoms. The molecule has 2 nitrogen and oxygen atoms in total. The van der Waals surface area contributed by atoms with Gasteiger partial charge in [0.05, 0.1) is 0 Å². The number of nitrogens with one attached hydrogen (secondary N) is 1. The van der Waals surface area contributed by atoms with Gasteiger partial charge in [0.25, 0.3) is 0 Å². The summed E-state index contributed by atoms with van der Waals surface area (Å²) in [5.74, 6) is 0.581. The normalized spacial score (nSPS) is 12.8. The van der Waals surface area contributed by atoms with E-state index in [2.05, 4.69) is 55.2 Å². The summed E-state index contributed by atoms with van der Waals surface area (Å²) in [6.45, 7) is 8.50. The summed E-state index contributed by atoms with van der Waals surface area (Å²) in [5.41, 5.74) is 2.58. The number of hydrogen-bond donors (Lipinski definition) is 1. The summed E-state index contributed by atoms with van der Waals surface area (Å²) < 4.78 is 2.22. The first-order valence-corrected chi connectivity index (χ1v) is 7.61. The largest absolute Gasteiger partial charge is 0.350 e. The van der Waals surface area contributed by atoms with Crippen LogP contribution in [0.5, 0.6) is 0 Å². The van der Waals surface area contributed by atoms with Crippen LogP contribution in [0.1, 0.15) is 37.9 Å². The Morgan fingerprint density at radius 2 is 2.05 bits per heavy atom. The minimum Gasteiger partial charge on any atom is -0.350 e. The summed E-state index contributed by atoms with van der Waals surface area (Å²) in [6, 6.07) is 10.7. The van der Waals surface area contributed by atoms with Crippen molar-refractivity contribution in [1.82, 2.24) is 9.88 Å². The molecular formula is C17H23ClN2. The molecule has 1 atom stereocenters. The Balaban J connectivity index is 2.12. The topological polar surface area (TPSA) is 17.0 Å². The molecule has 0 amide bonds. The SMILES string of the molecule is CCNC(c1ccn(Cc2cccc(Cl)c2)c1)C(C)C. The van der Waals surface area contributed by atoms with Crippen LogP contribution in [-0.4, -0.2) is 11.1 Å². The molecule has 108 valence electrons. The van der Waals surface area contributed by atoms with Crippen LogP contribution in [0.3, 0.4) is 0 Å². The maximum Gasteiger partial charge on any atom is 0.0470 e. The third kappa shape index (κ3) is 3.87. The van der Waals surface area contributed by atoms with E-state index in [1.54, 1.807) is 0 Å². The summed E-state index contributed by atoms with van der Waals surface area (Å²) >= 11 is 6.03. The molecular weight excluding hydrogens is 268 g/mol. The highest BCUT2D eigenvalue weighted by Gasteiger charge is 2.15. The van der Waals surface area contributed by atoms with E-state index < -0.39 is 0 Å². The Hall–Kier alpha value is -1.25. The van der Waals surface area contributed by atoms with Crippen LogP contribution in [0.25, 0.3) is 0 Å². The fraction of sp³-hybridized carbons (Fsp3) is 0.412. The minimum atomic E-state index is 0.417. The summed E-state index contributed by atoms with van der Waals surface area (Å²) in [4.78, 5) is 0. The Morgan fingerprint density at radius 1 is 1.25 bits per heavy atom. The van der Waals surface area contributed by atoms with E-state index in [-0.39, 0.29) is 0 Å². The van der Waals surface area contributed by atoms with Gasteiger partial charge in [-0.15, -0.1) is 0 Å². The molecule has 2 aromatic rings. The molecule has 2 rings (SSSR count). The van der Waals surface area contributed by atoms with Gasteiger partial charge in [0.1, 0.15) is 0 Å². The fourth-order valence-corrected chi connectivity index (χ4v) is 2.76. The van der Waals surface area contributed by atoms with Crippen LogP contribution in [0, 0.1) is 5.92 Å². The molecule has 0 aliphatic carbocycles. The van der Waals surface area contributed by atoms with E-state index in [1.807, 2.05) is 18.2 Å². The molecule has 0 bridgehead atoms. The molecule has 0 radical (unpaired) electrons. The number of nitrogens with zero attached hydrogens (tertiary/aromatic N) is 1. The first kappa shape index (κ1) is 15.1. The third-order valence-corrected chi connectivity index (χ3v) is 3.71. The van der Waals surface area contributed by atoms with Gasteiger partial charge in [-0.2, -0.15) is 0 Å². The van der Waals surface area contributed by atoms with Crippen LogP contribution >= 0.6 is 11.6 Å². The second kappa shape index (κ2) is 6.96. The first-order chi connectivity index (χ1) is 9.60.